The van der Waals surface area contributed by atoms with E-state index in [0.29, 0.717) is 0 Å². The molecule has 0 saturated carbocycles. The van der Waals surface area contributed by atoms with Crippen LogP contribution in [0.3, 0.4) is 0 Å². The van der Waals surface area contributed by atoms with Crippen molar-refractivity contribution in [3.05, 3.63) is 60.7 Å². The molecule has 168 valence electrons. The van der Waals surface area contributed by atoms with Gasteiger partial charge in [0, 0.05) is 0 Å². The topological polar surface area (TPSA) is 0 Å². The molecule has 0 aliphatic carbocycles. The summed E-state index contributed by atoms with van der Waals surface area (Å²) in [6.07, 6.45) is 16.3. The first-order valence-electron chi connectivity index (χ1n) is 12.3. The largest absolute Gasteiger partial charge is 1.00 e. The van der Waals surface area contributed by atoms with E-state index in [9.17, 15) is 0 Å². The zero-order chi connectivity index (χ0) is 20.6. The van der Waals surface area contributed by atoms with Gasteiger partial charge in [-0.05, 0) is 49.9 Å². The van der Waals surface area contributed by atoms with Crippen LogP contribution in [0.2, 0.25) is 0 Å². The summed E-state index contributed by atoms with van der Waals surface area (Å²) in [5.41, 5.74) is 2.92. The van der Waals surface area contributed by atoms with Crippen LogP contribution in [-0.4, -0.2) is 13.1 Å². The highest BCUT2D eigenvalue weighted by atomic mass is 35.5. The minimum Gasteiger partial charge on any atom is -1.00 e. The number of hydrogen-bond acceptors (Lipinski definition) is 0. The van der Waals surface area contributed by atoms with Crippen LogP contribution in [0.25, 0.3) is 0 Å². The number of benzene rings is 2. The van der Waals surface area contributed by atoms with Gasteiger partial charge in [-0.15, -0.1) is 0 Å². The van der Waals surface area contributed by atoms with E-state index >= 15 is 0 Å². The molecule has 0 amide bonds. The summed E-state index contributed by atoms with van der Waals surface area (Å²) in [6, 6.07) is 22.6. The molecule has 0 spiro atoms. The molecule has 0 N–H and O–H groups in total. The van der Waals surface area contributed by atoms with E-state index in [2.05, 4.69) is 74.5 Å². The molecule has 0 radical (unpaired) electrons. The van der Waals surface area contributed by atoms with Crippen LogP contribution in [0, 0.1) is 0 Å². The Labute approximate surface area is 192 Å². The van der Waals surface area contributed by atoms with Crippen molar-refractivity contribution in [3.8, 4) is 0 Å². The molecule has 0 aliphatic heterocycles. The second-order valence-electron chi connectivity index (χ2n) is 8.62. The van der Waals surface area contributed by atoms with Gasteiger partial charge in [-0.2, -0.15) is 0 Å². The molecule has 0 saturated heterocycles. The van der Waals surface area contributed by atoms with Gasteiger partial charge in [0.25, 0.3) is 0 Å². The molecule has 2 aromatic rings. The third-order valence-corrected chi connectivity index (χ3v) is 6.29. The summed E-state index contributed by atoms with van der Waals surface area (Å²) >= 11 is 0. The van der Waals surface area contributed by atoms with Crippen LogP contribution >= 0.6 is 0 Å². The van der Waals surface area contributed by atoms with Crippen molar-refractivity contribution in [2.75, 3.05) is 13.1 Å². The third-order valence-electron chi connectivity index (χ3n) is 6.29. The van der Waals surface area contributed by atoms with E-state index < -0.39 is 0 Å². The molecule has 0 aromatic heterocycles. The lowest BCUT2D eigenvalue weighted by atomic mass is 10.0. The van der Waals surface area contributed by atoms with Crippen LogP contribution in [0.5, 0.6) is 0 Å². The van der Waals surface area contributed by atoms with Crippen molar-refractivity contribution in [3.63, 3.8) is 0 Å². The molecule has 1 nitrogen and oxygen atoms in total. The molecular formula is C28H44ClN. The van der Waals surface area contributed by atoms with Gasteiger partial charge in [0.1, 0.15) is 11.4 Å². The molecule has 0 aliphatic rings. The summed E-state index contributed by atoms with van der Waals surface area (Å²) in [5, 5.41) is 0. The number of nitrogens with zero attached hydrogens (tertiary/aromatic N) is 1. The number of halogens is 1. The third kappa shape index (κ3) is 8.82. The lowest BCUT2D eigenvalue weighted by Gasteiger charge is -2.38. The Morgan fingerprint density at radius 3 is 1.17 bits per heavy atom. The van der Waals surface area contributed by atoms with E-state index in [1.807, 2.05) is 0 Å². The van der Waals surface area contributed by atoms with Crippen LogP contribution < -0.4 is 16.9 Å². The van der Waals surface area contributed by atoms with Crippen molar-refractivity contribution >= 4 is 11.4 Å². The predicted molar refractivity (Wildman–Crippen MR) is 131 cm³/mol. The van der Waals surface area contributed by atoms with Crippen molar-refractivity contribution in [2.24, 2.45) is 0 Å². The lowest BCUT2D eigenvalue weighted by molar-refractivity contribution is -0.00000614. The fraction of sp³-hybridized carbons (Fsp3) is 0.571. The van der Waals surface area contributed by atoms with Gasteiger partial charge in [0.05, 0.1) is 13.1 Å². The van der Waals surface area contributed by atoms with Gasteiger partial charge >= 0.3 is 0 Å². The molecule has 0 unspecified atom stereocenters. The normalized spacial score (nSPS) is 11.3. The number of hydrogen-bond donors (Lipinski definition) is 0. The fourth-order valence-electron chi connectivity index (χ4n) is 4.53. The number of para-hydroxylation sites is 2. The molecule has 0 atom stereocenters. The summed E-state index contributed by atoms with van der Waals surface area (Å²) in [7, 11) is 0. The molecule has 30 heavy (non-hydrogen) atoms. The van der Waals surface area contributed by atoms with E-state index in [1.165, 1.54) is 102 Å². The molecule has 2 aromatic carbocycles. The monoisotopic (exact) mass is 429 g/mol. The second-order valence-corrected chi connectivity index (χ2v) is 8.62. The molecule has 2 heteroatoms. The first kappa shape index (κ1) is 26.7. The highest BCUT2D eigenvalue weighted by Crippen LogP contribution is 2.36. The maximum absolute atomic E-state index is 2.35. The maximum atomic E-state index is 2.35. The number of rotatable bonds is 16. The Bertz CT molecular complexity index is 568. The summed E-state index contributed by atoms with van der Waals surface area (Å²) < 4.78 is 1.02. The number of quaternary nitrogens is 1. The minimum absolute atomic E-state index is 0. The van der Waals surface area contributed by atoms with E-state index in [0.717, 1.165) is 4.48 Å². The van der Waals surface area contributed by atoms with Crippen molar-refractivity contribution in [1.82, 2.24) is 4.48 Å². The predicted octanol–water partition coefficient (Wildman–Crippen LogP) is 6.05. The summed E-state index contributed by atoms with van der Waals surface area (Å²) in [6.45, 7) is 7.03. The van der Waals surface area contributed by atoms with Crippen LogP contribution in [0.1, 0.15) is 90.9 Å². The first-order valence-corrected chi connectivity index (χ1v) is 12.3. The average Bonchev–Trinajstić information content (AvgIpc) is 2.78. The van der Waals surface area contributed by atoms with Gasteiger partial charge in [-0.25, -0.2) is 0 Å². The van der Waals surface area contributed by atoms with Crippen molar-refractivity contribution in [2.45, 2.75) is 90.9 Å². The van der Waals surface area contributed by atoms with Gasteiger partial charge in [0.2, 0.25) is 0 Å². The van der Waals surface area contributed by atoms with E-state index in [-0.39, 0.29) is 12.4 Å². The van der Waals surface area contributed by atoms with Crippen LogP contribution in [0.4, 0.5) is 11.4 Å². The van der Waals surface area contributed by atoms with E-state index in [4.69, 9.17) is 0 Å². The van der Waals surface area contributed by atoms with Gasteiger partial charge < -0.3 is 12.4 Å². The quantitative estimate of drug-likeness (QED) is 0.225. The van der Waals surface area contributed by atoms with Gasteiger partial charge in [-0.3, -0.25) is 4.48 Å². The lowest BCUT2D eigenvalue weighted by Crippen LogP contribution is -3.00. The molecular weight excluding hydrogens is 386 g/mol. The average molecular weight is 430 g/mol. The minimum atomic E-state index is 0. The standard InChI is InChI=1S/C28H44N.ClH/c1-3-5-7-9-11-19-25-29(27-21-15-13-16-22-27,28-23-17-14-18-24-28)26-20-12-10-8-6-4-2;/h13-18,21-24H,3-12,19-20,25-26H2,1-2H3;1H/q+1;/p-1. The Hall–Kier alpha value is -1.31. The highest BCUT2D eigenvalue weighted by Gasteiger charge is 2.32. The maximum Gasteiger partial charge on any atom is 0.137 e. The van der Waals surface area contributed by atoms with Crippen molar-refractivity contribution in [1.29, 1.82) is 0 Å². The van der Waals surface area contributed by atoms with Gasteiger partial charge in [-0.1, -0.05) is 102 Å². The zero-order valence-electron chi connectivity index (χ0n) is 19.5. The SMILES string of the molecule is CCCCCCCC[N+](CCCCCCCC)(c1ccccc1)c1ccccc1.[Cl-]. The van der Waals surface area contributed by atoms with Crippen molar-refractivity contribution < 1.29 is 12.4 Å². The number of unbranched alkanes of at least 4 members (excludes halogenated alkanes) is 10. The molecule has 0 heterocycles. The van der Waals surface area contributed by atoms with Crippen LogP contribution in [0.15, 0.2) is 60.7 Å². The summed E-state index contributed by atoms with van der Waals surface area (Å²) in [5.74, 6) is 0. The Kier molecular flexibility index (Phi) is 14.6. The Morgan fingerprint density at radius 2 is 0.800 bits per heavy atom. The second kappa shape index (κ2) is 16.4. The Balaban J connectivity index is 0.00000450. The molecule has 0 bridgehead atoms. The first-order chi connectivity index (χ1) is 14.3. The fourth-order valence-corrected chi connectivity index (χ4v) is 4.53. The Morgan fingerprint density at radius 1 is 0.467 bits per heavy atom. The zero-order valence-corrected chi connectivity index (χ0v) is 20.3. The highest BCUT2D eigenvalue weighted by molar-refractivity contribution is 5.58. The molecule has 0 fully saturated rings. The van der Waals surface area contributed by atoms with Gasteiger partial charge in [0.15, 0.2) is 0 Å². The van der Waals surface area contributed by atoms with E-state index in [1.54, 1.807) is 0 Å². The van der Waals surface area contributed by atoms with Crippen LogP contribution in [-0.2, 0) is 0 Å². The smallest absolute Gasteiger partial charge is 0.137 e. The summed E-state index contributed by atoms with van der Waals surface area (Å²) in [4.78, 5) is 0. The molecule has 2 rings (SSSR count).